The third-order valence-corrected chi connectivity index (χ3v) is 5.23. The van der Waals surface area contributed by atoms with E-state index >= 15 is 0 Å². The summed E-state index contributed by atoms with van der Waals surface area (Å²) in [5.41, 5.74) is 1.24. The fourth-order valence-corrected chi connectivity index (χ4v) is 3.58. The molecule has 0 spiro atoms. The third kappa shape index (κ3) is 6.21. The Morgan fingerprint density at radius 2 is 1.77 bits per heavy atom. The lowest BCUT2D eigenvalue weighted by molar-refractivity contribution is 0.0340. The topological polar surface area (TPSA) is 48.4 Å². The van der Waals surface area contributed by atoms with Crippen molar-refractivity contribution in [3.8, 4) is 5.75 Å². The number of aliphatic hydroxyl groups is 1. The Morgan fingerprint density at radius 3 is 2.50 bits per heavy atom. The standard InChI is InChI=1S/C20H33N3O3/c1-2-21-6-8-22(9-7-21)16-19(24)17-26-20-5-3-4-18(14-20)15-23-10-12-25-13-11-23/h3-5,14,19,24H,2,6-13,15-17H2,1H3/t19-/m0/s1. The van der Waals surface area contributed by atoms with Gasteiger partial charge < -0.3 is 19.5 Å². The van der Waals surface area contributed by atoms with Crippen molar-refractivity contribution in [3.05, 3.63) is 29.8 Å². The minimum atomic E-state index is -0.453. The van der Waals surface area contributed by atoms with E-state index < -0.39 is 6.10 Å². The van der Waals surface area contributed by atoms with Crippen LogP contribution < -0.4 is 4.74 Å². The van der Waals surface area contributed by atoms with Crippen molar-refractivity contribution in [3.63, 3.8) is 0 Å². The van der Waals surface area contributed by atoms with Gasteiger partial charge in [-0.15, -0.1) is 0 Å². The van der Waals surface area contributed by atoms with E-state index in [2.05, 4.69) is 33.8 Å². The maximum atomic E-state index is 10.3. The molecule has 0 unspecified atom stereocenters. The summed E-state index contributed by atoms with van der Waals surface area (Å²) in [7, 11) is 0. The molecule has 146 valence electrons. The average molecular weight is 364 g/mol. The molecule has 1 aromatic carbocycles. The van der Waals surface area contributed by atoms with E-state index in [0.29, 0.717) is 13.2 Å². The van der Waals surface area contributed by atoms with Crippen molar-refractivity contribution < 1.29 is 14.6 Å². The van der Waals surface area contributed by atoms with Crippen molar-refractivity contribution in [2.24, 2.45) is 0 Å². The summed E-state index contributed by atoms with van der Waals surface area (Å²) in [6, 6.07) is 8.21. The normalized spacial score (nSPS) is 21.6. The number of rotatable bonds is 8. The van der Waals surface area contributed by atoms with Crippen LogP contribution >= 0.6 is 0 Å². The summed E-state index contributed by atoms with van der Waals surface area (Å²) in [6.07, 6.45) is -0.453. The lowest BCUT2D eigenvalue weighted by Gasteiger charge is -2.34. The molecule has 2 saturated heterocycles. The zero-order chi connectivity index (χ0) is 18.2. The number of hydrogen-bond donors (Lipinski definition) is 1. The van der Waals surface area contributed by atoms with Gasteiger partial charge in [-0.05, 0) is 24.2 Å². The van der Waals surface area contributed by atoms with E-state index in [1.165, 1.54) is 5.56 Å². The second-order valence-corrected chi connectivity index (χ2v) is 7.24. The molecule has 3 rings (SSSR count). The number of likely N-dealkylation sites (N-methyl/N-ethyl adjacent to an activating group) is 1. The highest BCUT2D eigenvalue weighted by Gasteiger charge is 2.18. The molecule has 1 N–H and O–H groups in total. The summed E-state index contributed by atoms with van der Waals surface area (Å²) in [4.78, 5) is 7.17. The van der Waals surface area contributed by atoms with Gasteiger partial charge in [-0.3, -0.25) is 9.80 Å². The minimum Gasteiger partial charge on any atom is -0.491 e. The minimum absolute atomic E-state index is 0.342. The van der Waals surface area contributed by atoms with Gasteiger partial charge in [0.05, 0.1) is 13.2 Å². The molecule has 26 heavy (non-hydrogen) atoms. The second kappa shape index (κ2) is 10.2. The molecule has 6 nitrogen and oxygen atoms in total. The van der Waals surface area contributed by atoms with Crippen LogP contribution in [0.1, 0.15) is 12.5 Å². The number of nitrogens with zero attached hydrogens (tertiary/aromatic N) is 3. The molecular weight excluding hydrogens is 330 g/mol. The summed E-state index contributed by atoms with van der Waals surface area (Å²) < 4.78 is 11.3. The molecular formula is C20H33N3O3. The van der Waals surface area contributed by atoms with Crippen LogP contribution in [0.5, 0.6) is 5.75 Å². The first-order chi connectivity index (χ1) is 12.7. The van der Waals surface area contributed by atoms with Crippen LogP contribution in [-0.4, -0.2) is 98.1 Å². The summed E-state index contributed by atoms with van der Waals surface area (Å²) in [5.74, 6) is 0.839. The molecule has 2 heterocycles. The van der Waals surface area contributed by atoms with E-state index in [1.54, 1.807) is 0 Å². The molecule has 0 aromatic heterocycles. The van der Waals surface area contributed by atoms with Crippen LogP contribution in [0.3, 0.4) is 0 Å². The first kappa shape index (κ1) is 19.6. The smallest absolute Gasteiger partial charge is 0.119 e. The van der Waals surface area contributed by atoms with E-state index in [4.69, 9.17) is 9.47 Å². The Labute approximate surface area is 157 Å². The number of piperazine rings is 1. The van der Waals surface area contributed by atoms with E-state index in [1.807, 2.05) is 12.1 Å². The third-order valence-electron chi connectivity index (χ3n) is 5.23. The van der Waals surface area contributed by atoms with Crippen LogP contribution in [0, 0.1) is 0 Å². The highest BCUT2D eigenvalue weighted by molar-refractivity contribution is 5.28. The van der Waals surface area contributed by atoms with Gasteiger partial charge in [0, 0.05) is 52.4 Å². The van der Waals surface area contributed by atoms with Crippen molar-refractivity contribution in [2.75, 3.05) is 72.2 Å². The Bertz CT molecular complexity index is 529. The van der Waals surface area contributed by atoms with Crippen LogP contribution in [0.2, 0.25) is 0 Å². The van der Waals surface area contributed by atoms with E-state index in [-0.39, 0.29) is 0 Å². The van der Waals surface area contributed by atoms with Crippen LogP contribution in [0.4, 0.5) is 0 Å². The van der Waals surface area contributed by atoms with Gasteiger partial charge in [0.25, 0.3) is 0 Å². The number of morpholine rings is 1. The predicted octanol–water partition coefficient (Wildman–Crippen LogP) is 0.896. The molecule has 2 fully saturated rings. The Hall–Kier alpha value is -1.18. The molecule has 0 bridgehead atoms. The van der Waals surface area contributed by atoms with Crippen molar-refractivity contribution in [1.82, 2.24) is 14.7 Å². The van der Waals surface area contributed by atoms with Crippen molar-refractivity contribution in [2.45, 2.75) is 19.6 Å². The Morgan fingerprint density at radius 1 is 1.04 bits per heavy atom. The molecule has 0 saturated carbocycles. The zero-order valence-corrected chi connectivity index (χ0v) is 16.0. The number of aliphatic hydroxyl groups excluding tert-OH is 1. The number of hydrogen-bond acceptors (Lipinski definition) is 6. The van der Waals surface area contributed by atoms with E-state index in [9.17, 15) is 5.11 Å². The van der Waals surface area contributed by atoms with E-state index in [0.717, 1.165) is 71.3 Å². The highest BCUT2D eigenvalue weighted by Crippen LogP contribution is 2.16. The maximum absolute atomic E-state index is 10.3. The molecule has 0 aliphatic carbocycles. The molecule has 0 radical (unpaired) electrons. The molecule has 2 aliphatic rings. The van der Waals surface area contributed by atoms with Crippen LogP contribution in [-0.2, 0) is 11.3 Å². The molecule has 1 aromatic rings. The number of β-amino-alcohol motifs (C(OH)–C–C–N with tert-alkyl or cyclic N) is 1. The summed E-state index contributed by atoms with van der Waals surface area (Å²) in [6.45, 7) is 13.1. The fraction of sp³-hybridized carbons (Fsp3) is 0.700. The van der Waals surface area contributed by atoms with Crippen molar-refractivity contribution in [1.29, 1.82) is 0 Å². The predicted molar refractivity (Wildman–Crippen MR) is 103 cm³/mol. The number of ether oxygens (including phenoxy) is 2. The first-order valence-electron chi connectivity index (χ1n) is 9.87. The maximum Gasteiger partial charge on any atom is 0.119 e. The largest absolute Gasteiger partial charge is 0.491 e. The Kier molecular flexibility index (Phi) is 7.70. The van der Waals surface area contributed by atoms with Crippen LogP contribution in [0.25, 0.3) is 0 Å². The van der Waals surface area contributed by atoms with Gasteiger partial charge in [-0.25, -0.2) is 0 Å². The number of benzene rings is 1. The van der Waals surface area contributed by atoms with Gasteiger partial charge in [0.2, 0.25) is 0 Å². The van der Waals surface area contributed by atoms with Gasteiger partial charge in [-0.2, -0.15) is 0 Å². The van der Waals surface area contributed by atoms with Gasteiger partial charge >= 0.3 is 0 Å². The quantitative estimate of drug-likeness (QED) is 0.741. The highest BCUT2D eigenvalue weighted by atomic mass is 16.5. The summed E-state index contributed by atoms with van der Waals surface area (Å²) in [5, 5.41) is 10.3. The van der Waals surface area contributed by atoms with Gasteiger partial charge in [0.1, 0.15) is 18.5 Å². The zero-order valence-electron chi connectivity index (χ0n) is 16.0. The lowest BCUT2D eigenvalue weighted by atomic mass is 10.2. The Balaban J connectivity index is 1.40. The lowest BCUT2D eigenvalue weighted by Crippen LogP contribution is -2.49. The summed E-state index contributed by atoms with van der Waals surface area (Å²) >= 11 is 0. The average Bonchev–Trinajstić information content (AvgIpc) is 2.68. The van der Waals surface area contributed by atoms with Gasteiger partial charge in [0.15, 0.2) is 0 Å². The molecule has 1 atom stereocenters. The molecule has 2 aliphatic heterocycles. The molecule has 6 heteroatoms. The first-order valence-corrected chi connectivity index (χ1v) is 9.87. The monoisotopic (exact) mass is 363 g/mol. The second-order valence-electron chi connectivity index (χ2n) is 7.24. The van der Waals surface area contributed by atoms with Crippen LogP contribution in [0.15, 0.2) is 24.3 Å². The molecule has 0 amide bonds. The van der Waals surface area contributed by atoms with Crippen molar-refractivity contribution >= 4 is 0 Å². The fourth-order valence-electron chi connectivity index (χ4n) is 3.58. The SMILES string of the molecule is CCN1CCN(C[C@H](O)COc2cccc(CN3CCOCC3)c2)CC1. The van der Waals surface area contributed by atoms with Gasteiger partial charge in [-0.1, -0.05) is 19.1 Å².